The lowest BCUT2D eigenvalue weighted by molar-refractivity contribution is -0.145. The average Bonchev–Trinajstić information content (AvgIpc) is 2.74. The van der Waals surface area contributed by atoms with Gasteiger partial charge in [-0.1, -0.05) is 19.3 Å². The number of carbonyl (C=O) groups is 3. The van der Waals surface area contributed by atoms with Crippen LogP contribution in [0, 0.1) is 0 Å². The molecule has 0 saturated heterocycles. The summed E-state index contributed by atoms with van der Waals surface area (Å²) in [4.78, 5) is 37.0. The molecule has 0 aromatic heterocycles. The summed E-state index contributed by atoms with van der Waals surface area (Å²) in [6.45, 7) is 4.52. The predicted octanol–water partition coefficient (Wildman–Crippen LogP) is 1.83. The fourth-order valence-electron chi connectivity index (χ4n) is 3.18. The van der Waals surface area contributed by atoms with Crippen LogP contribution in [0.1, 0.15) is 51.5 Å². The van der Waals surface area contributed by atoms with Gasteiger partial charge in [0.25, 0.3) is 5.91 Å². The Morgan fingerprint density at radius 3 is 2.38 bits per heavy atom. The van der Waals surface area contributed by atoms with Gasteiger partial charge in [-0.15, -0.1) is 0 Å². The normalized spacial score (nSPS) is 14.4. The Morgan fingerprint density at radius 1 is 1.10 bits per heavy atom. The first kappa shape index (κ1) is 22.4. The van der Waals surface area contributed by atoms with E-state index in [0.717, 1.165) is 18.4 Å². The van der Waals surface area contributed by atoms with Gasteiger partial charge in [-0.25, -0.2) is 5.43 Å². The first-order valence-electron chi connectivity index (χ1n) is 10.2. The zero-order valence-electron chi connectivity index (χ0n) is 17.1. The van der Waals surface area contributed by atoms with Crippen molar-refractivity contribution in [1.29, 1.82) is 0 Å². The number of benzene rings is 1. The van der Waals surface area contributed by atoms with E-state index in [1.165, 1.54) is 30.4 Å². The second-order valence-corrected chi connectivity index (χ2v) is 6.94. The zero-order chi connectivity index (χ0) is 21.1. The fourth-order valence-corrected chi connectivity index (χ4v) is 3.18. The molecule has 3 amide bonds. The van der Waals surface area contributed by atoms with Crippen LogP contribution in [0.2, 0.25) is 0 Å². The number of carbonyl (C=O) groups excluding carboxylic acids is 3. The van der Waals surface area contributed by atoms with Crippen LogP contribution in [-0.4, -0.2) is 54.6 Å². The minimum atomic E-state index is -0.770. The van der Waals surface area contributed by atoms with Crippen molar-refractivity contribution in [3.05, 3.63) is 29.8 Å². The van der Waals surface area contributed by atoms with Gasteiger partial charge in [0.1, 0.15) is 5.75 Å². The Balaban J connectivity index is 1.74. The van der Waals surface area contributed by atoms with E-state index < -0.39 is 11.8 Å². The highest BCUT2D eigenvalue weighted by Crippen LogP contribution is 2.17. The number of hydrogen-bond acceptors (Lipinski definition) is 5. The van der Waals surface area contributed by atoms with Crippen molar-refractivity contribution in [1.82, 2.24) is 15.6 Å². The van der Waals surface area contributed by atoms with Gasteiger partial charge >= 0.3 is 11.8 Å². The largest absolute Gasteiger partial charge is 0.484 e. The molecule has 29 heavy (non-hydrogen) atoms. The summed E-state index contributed by atoms with van der Waals surface area (Å²) in [5.41, 5.74) is 2.95. The monoisotopic (exact) mass is 402 g/mol. The number of ether oxygens (including phenoxy) is 1. The van der Waals surface area contributed by atoms with Gasteiger partial charge in [-0.05, 0) is 56.5 Å². The minimum absolute atomic E-state index is 0.0204. The molecule has 0 spiro atoms. The van der Waals surface area contributed by atoms with E-state index in [4.69, 9.17) is 4.74 Å². The molecule has 8 nitrogen and oxygen atoms in total. The Bertz CT molecular complexity index is 708. The van der Waals surface area contributed by atoms with E-state index in [-0.39, 0.29) is 18.6 Å². The van der Waals surface area contributed by atoms with Crippen LogP contribution in [0.5, 0.6) is 5.75 Å². The summed E-state index contributed by atoms with van der Waals surface area (Å²) in [6, 6.07) is 7.20. The lowest BCUT2D eigenvalue weighted by Gasteiger charge is -2.22. The number of amides is 3. The van der Waals surface area contributed by atoms with Crippen LogP contribution in [0.3, 0.4) is 0 Å². The highest BCUT2D eigenvalue weighted by atomic mass is 16.5. The summed E-state index contributed by atoms with van der Waals surface area (Å²) in [7, 11) is 0. The Morgan fingerprint density at radius 2 is 1.76 bits per heavy atom. The Kier molecular flexibility index (Phi) is 9.14. The quantitative estimate of drug-likeness (QED) is 0.394. The predicted molar refractivity (Wildman–Crippen MR) is 111 cm³/mol. The fraction of sp³-hybridized carbons (Fsp3) is 0.524. The van der Waals surface area contributed by atoms with Gasteiger partial charge in [-0.2, -0.15) is 5.10 Å². The Hall–Kier alpha value is -2.90. The van der Waals surface area contributed by atoms with Gasteiger partial charge in [0.05, 0.1) is 6.21 Å². The van der Waals surface area contributed by atoms with Crippen LogP contribution >= 0.6 is 0 Å². The highest BCUT2D eigenvalue weighted by Gasteiger charge is 2.18. The van der Waals surface area contributed by atoms with E-state index in [1.54, 1.807) is 38.1 Å². The van der Waals surface area contributed by atoms with E-state index >= 15 is 0 Å². The van der Waals surface area contributed by atoms with Crippen LogP contribution in [0.25, 0.3) is 0 Å². The number of nitrogens with zero attached hydrogens (tertiary/aromatic N) is 2. The molecule has 2 rings (SSSR count). The molecule has 1 fully saturated rings. The van der Waals surface area contributed by atoms with Gasteiger partial charge < -0.3 is 15.0 Å². The van der Waals surface area contributed by atoms with Crippen LogP contribution in [0.15, 0.2) is 29.4 Å². The molecule has 0 bridgehead atoms. The summed E-state index contributed by atoms with van der Waals surface area (Å²) >= 11 is 0. The third kappa shape index (κ3) is 7.56. The van der Waals surface area contributed by atoms with E-state index in [2.05, 4.69) is 15.8 Å². The van der Waals surface area contributed by atoms with Crippen LogP contribution < -0.4 is 15.5 Å². The zero-order valence-corrected chi connectivity index (χ0v) is 17.1. The van der Waals surface area contributed by atoms with Crippen molar-refractivity contribution in [2.75, 3.05) is 19.7 Å². The van der Waals surface area contributed by atoms with E-state index in [1.807, 2.05) is 0 Å². The van der Waals surface area contributed by atoms with Crippen LogP contribution in [0.4, 0.5) is 0 Å². The van der Waals surface area contributed by atoms with Crippen molar-refractivity contribution in [3.8, 4) is 5.75 Å². The molecular weight excluding hydrogens is 372 g/mol. The number of likely N-dealkylation sites (N-methyl/N-ethyl adjacent to an activating group) is 1. The summed E-state index contributed by atoms with van der Waals surface area (Å²) in [5, 5.41) is 6.81. The number of hydrogen-bond donors (Lipinski definition) is 2. The molecule has 0 unspecified atom stereocenters. The molecule has 1 aromatic rings. The molecule has 0 aliphatic heterocycles. The second kappa shape index (κ2) is 11.8. The van der Waals surface area contributed by atoms with Crippen molar-refractivity contribution in [3.63, 3.8) is 0 Å². The highest BCUT2D eigenvalue weighted by molar-refractivity contribution is 6.34. The third-order valence-electron chi connectivity index (χ3n) is 4.84. The second-order valence-electron chi connectivity index (χ2n) is 6.94. The Labute approximate surface area is 171 Å². The maximum Gasteiger partial charge on any atom is 0.329 e. The molecule has 158 valence electrons. The van der Waals surface area contributed by atoms with Crippen molar-refractivity contribution < 1.29 is 19.1 Å². The SMILES string of the molecule is CCN(CC)C(=O)C(=O)N/N=C\c1ccc(OCC(=O)NC2CCCCC2)cc1. The summed E-state index contributed by atoms with van der Waals surface area (Å²) in [5.74, 6) is -0.916. The van der Waals surface area contributed by atoms with Gasteiger partial charge in [-0.3, -0.25) is 14.4 Å². The molecule has 1 aromatic carbocycles. The molecule has 0 atom stereocenters. The standard InChI is InChI=1S/C21H30N4O4/c1-3-25(4-2)21(28)20(27)24-22-14-16-10-12-18(13-11-16)29-15-19(26)23-17-8-6-5-7-9-17/h10-14,17H,3-9,15H2,1-2H3,(H,23,26)(H,24,27)/b22-14-. The molecule has 1 aliphatic rings. The molecule has 8 heteroatoms. The van der Waals surface area contributed by atoms with Crippen molar-refractivity contribution in [2.45, 2.75) is 52.0 Å². The van der Waals surface area contributed by atoms with Crippen molar-refractivity contribution in [2.24, 2.45) is 5.10 Å². The minimum Gasteiger partial charge on any atom is -0.484 e. The smallest absolute Gasteiger partial charge is 0.329 e. The molecule has 1 saturated carbocycles. The molecule has 0 heterocycles. The van der Waals surface area contributed by atoms with Gasteiger partial charge in [0.15, 0.2) is 6.61 Å². The lowest BCUT2D eigenvalue weighted by atomic mass is 9.95. The van der Waals surface area contributed by atoms with Gasteiger partial charge in [0.2, 0.25) is 0 Å². The number of hydrazone groups is 1. The summed E-state index contributed by atoms with van der Waals surface area (Å²) in [6.07, 6.45) is 7.09. The topological polar surface area (TPSA) is 100 Å². The van der Waals surface area contributed by atoms with E-state index in [0.29, 0.717) is 18.8 Å². The van der Waals surface area contributed by atoms with Gasteiger partial charge in [0, 0.05) is 19.1 Å². The maximum atomic E-state index is 12.0. The summed E-state index contributed by atoms with van der Waals surface area (Å²) < 4.78 is 5.51. The number of rotatable bonds is 8. The first-order valence-corrected chi connectivity index (χ1v) is 10.2. The first-order chi connectivity index (χ1) is 14.0. The average molecular weight is 402 g/mol. The molecule has 1 aliphatic carbocycles. The molecule has 2 N–H and O–H groups in total. The maximum absolute atomic E-state index is 12.0. The molecular formula is C21H30N4O4. The number of nitrogens with one attached hydrogen (secondary N) is 2. The van der Waals surface area contributed by atoms with E-state index in [9.17, 15) is 14.4 Å². The van der Waals surface area contributed by atoms with Crippen molar-refractivity contribution >= 4 is 23.9 Å². The third-order valence-corrected chi connectivity index (χ3v) is 4.84. The molecule has 0 radical (unpaired) electrons. The lowest BCUT2D eigenvalue weighted by Crippen LogP contribution is -2.41. The van der Waals surface area contributed by atoms with Crippen LogP contribution in [-0.2, 0) is 14.4 Å².